The first-order valence-electron chi connectivity index (χ1n) is 9.35. The molecule has 1 aromatic heterocycles. The number of esters is 1. The minimum Gasteiger partial charge on any atom is -0.493 e. The number of aromatic amines is 1. The molecule has 0 spiro atoms. The predicted octanol–water partition coefficient (Wildman–Crippen LogP) is 2.56. The van der Waals surface area contributed by atoms with Gasteiger partial charge in [0.15, 0.2) is 17.6 Å². The molecule has 10 heteroatoms. The van der Waals surface area contributed by atoms with E-state index in [0.29, 0.717) is 16.5 Å². The second kappa shape index (κ2) is 9.48. The molecule has 0 saturated carbocycles. The zero-order valence-corrected chi connectivity index (χ0v) is 17.8. The highest BCUT2D eigenvalue weighted by Crippen LogP contribution is 2.36. The lowest BCUT2D eigenvalue weighted by Gasteiger charge is -2.17. The lowest BCUT2D eigenvalue weighted by atomic mass is 10.2. The van der Waals surface area contributed by atoms with Gasteiger partial charge >= 0.3 is 11.7 Å². The standard InChI is InChI=1S/C21H20ClN3O6/c1-4-30-20(27)12(2)31-18-15(22)9-13(10-17(18)29-3)11-23-25-19(26)14-7-5-6-8-16(14)24-21(25)28/h5-12H,4H2,1-3H3,(H,24,28). The van der Waals surface area contributed by atoms with Gasteiger partial charge in [-0.05, 0) is 43.7 Å². The number of para-hydroxylation sites is 1. The summed E-state index contributed by atoms with van der Waals surface area (Å²) in [5.74, 6) is -0.145. The van der Waals surface area contributed by atoms with E-state index >= 15 is 0 Å². The maximum Gasteiger partial charge on any atom is 0.349 e. The van der Waals surface area contributed by atoms with E-state index in [2.05, 4.69) is 10.1 Å². The zero-order valence-electron chi connectivity index (χ0n) is 17.0. The van der Waals surface area contributed by atoms with E-state index in [1.165, 1.54) is 26.3 Å². The van der Waals surface area contributed by atoms with E-state index in [-0.39, 0.29) is 23.1 Å². The van der Waals surface area contributed by atoms with Crippen LogP contribution >= 0.6 is 11.6 Å². The Balaban J connectivity index is 1.95. The number of rotatable bonds is 7. The van der Waals surface area contributed by atoms with Gasteiger partial charge in [-0.3, -0.25) is 4.79 Å². The molecule has 1 atom stereocenters. The Morgan fingerprint density at radius 2 is 2.03 bits per heavy atom. The summed E-state index contributed by atoms with van der Waals surface area (Å²) >= 11 is 6.31. The number of halogens is 1. The summed E-state index contributed by atoms with van der Waals surface area (Å²) in [6.45, 7) is 3.44. The third-order valence-corrected chi connectivity index (χ3v) is 4.55. The van der Waals surface area contributed by atoms with Crippen molar-refractivity contribution in [2.24, 2.45) is 5.10 Å². The SMILES string of the molecule is CCOC(=O)C(C)Oc1c(Cl)cc(C=Nn2c(=O)[nH]c3ccccc3c2=O)cc1OC. The Morgan fingerprint density at radius 3 is 2.74 bits per heavy atom. The minimum absolute atomic E-state index is 0.150. The van der Waals surface area contributed by atoms with E-state index in [4.69, 9.17) is 25.8 Å². The maximum atomic E-state index is 12.6. The molecule has 162 valence electrons. The molecule has 0 fully saturated rings. The van der Waals surface area contributed by atoms with Crippen LogP contribution in [0.25, 0.3) is 10.9 Å². The number of benzene rings is 2. The smallest absolute Gasteiger partial charge is 0.349 e. The third-order valence-electron chi connectivity index (χ3n) is 4.27. The van der Waals surface area contributed by atoms with E-state index in [9.17, 15) is 14.4 Å². The van der Waals surface area contributed by atoms with Gasteiger partial charge in [-0.1, -0.05) is 23.7 Å². The van der Waals surface area contributed by atoms with Gasteiger partial charge in [-0.2, -0.15) is 5.10 Å². The number of carbonyl (C=O) groups excluding carboxylic acids is 1. The number of ether oxygens (including phenoxy) is 3. The van der Waals surface area contributed by atoms with Crippen LogP contribution in [-0.4, -0.2) is 41.7 Å². The molecular formula is C21H20ClN3O6. The highest BCUT2D eigenvalue weighted by molar-refractivity contribution is 6.32. The van der Waals surface area contributed by atoms with Gasteiger partial charge in [0, 0.05) is 0 Å². The second-order valence-electron chi connectivity index (χ2n) is 6.38. The van der Waals surface area contributed by atoms with Gasteiger partial charge in [0.1, 0.15) is 0 Å². The molecule has 3 aromatic rings. The van der Waals surface area contributed by atoms with Crippen molar-refractivity contribution in [2.45, 2.75) is 20.0 Å². The fourth-order valence-electron chi connectivity index (χ4n) is 2.80. The number of nitrogens with zero attached hydrogens (tertiary/aromatic N) is 2. The summed E-state index contributed by atoms with van der Waals surface area (Å²) in [5, 5.41) is 4.47. The maximum absolute atomic E-state index is 12.6. The van der Waals surface area contributed by atoms with Crippen molar-refractivity contribution in [3.05, 3.63) is 67.8 Å². The van der Waals surface area contributed by atoms with Crippen molar-refractivity contribution in [3.8, 4) is 11.5 Å². The number of H-pyrrole nitrogens is 1. The molecule has 9 nitrogen and oxygen atoms in total. The quantitative estimate of drug-likeness (QED) is 0.442. The summed E-state index contributed by atoms with van der Waals surface area (Å²) in [7, 11) is 1.41. The van der Waals surface area contributed by atoms with E-state index < -0.39 is 23.3 Å². The number of hydrogen-bond donors (Lipinski definition) is 1. The molecule has 2 aromatic carbocycles. The lowest BCUT2D eigenvalue weighted by Crippen LogP contribution is -2.32. The summed E-state index contributed by atoms with van der Waals surface area (Å²) in [6, 6.07) is 9.68. The Labute approximate surface area is 181 Å². The van der Waals surface area contributed by atoms with Crippen LogP contribution in [0.15, 0.2) is 51.1 Å². The third kappa shape index (κ3) is 4.77. The normalized spacial score (nSPS) is 12.1. The summed E-state index contributed by atoms with van der Waals surface area (Å²) in [4.78, 5) is 39.2. The Hall–Kier alpha value is -3.59. The summed E-state index contributed by atoms with van der Waals surface area (Å²) in [6.07, 6.45) is 0.388. The molecule has 1 N–H and O–H groups in total. The number of aromatic nitrogens is 2. The first kappa shape index (κ1) is 22.1. The molecule has 0 aliphatic rings. The van der Waals surface area contributed by atoms with Crippen molar-refractivity contribution in [1.82, 2.24) is 9.66 Å². The Kier molecular flexibility index (Phi) is 6.76. The van der Waals surface area contributed by atoms with Gasteiger partial charge in [0.05, 0.1) is 35.9 Å². The van der Waals surface area contributed by atoms with Crippen molar-refractivity contribution < 1.29 is 19.0 Å². The highest BCUT2D eigenvalue weighted by atomic mass is 35.5. The second-order valence-corrected chi connectivity index (χ2v) is 6.79. The van der Waals surface area contributed by atoms with E-state index in [1.54, 1.807) is 37.3 Å². The molecule has 0 radical (unpaired) electrons. The molecule has 1 heterocycles. The van der Waals surface area contributed by atoms with Crippen molar-refractivity contribution >= 4 is 34.7 Å². The van der Waals surface area contributed by atoms with Crippen LogP contribution < -0.4 is 20.7 Å². The van der Waals surface area contributed by atoms with Crippen LogP contribution in [0.1, 0.15) is 19.4 Å². The molecule has 3 rings (SSSR count). The average Bonchev–Trinajstić information content (AvgIpc) is 2.75. The first-order chi connectivity index (χ1) is 14.8. The molecule has 0 saturated heterocycles. The van der Waals surface area contributed by atoms with E-state index in [0.717, 1.165) is 4.68 Å². The fraction of sp³-hybridized carbons (Fsp3) is 0.238. The van der Waals surface area contributed by atoms with E-state index in [1.807, 2.05) is 0 Å². The largest absolute Gasteiger partial charge is 0.493 e. The molecule has 0 aliphatic heterocycles. The Bertz CT molecular complexity index is 1260. The number of carbonyl (C=O) groups is 1. The summed E-state index contributed by atoms with van der Waals surface area (Å²) in [5.41, 5.74) is -0.374. The van der Waals surface area contributed by atoms with Crippen LogP contribution in [0.4, 0.5) is 0 Å². The zero-order chi connectivity index (χ0) is 22.5. The van der Waals surface area contributed by atoms with Crippen molar-refractivity contribution in [3.63, 3.8) is 0 Å². The van der Waals surface area contributed by atoms with Crippen molar-refractivity contribution in [2.75, 3.05) is 13.7 Å². The first-order valence-corrected chi connectivity index (χ1v) is 9.72. The molecule has 0 aliphatic carbocycles. The van der Waals surface area contributed by atoms with Gasteiger partial charge in [0.25, 0.3) is 5.56 Å². The number of hydrogen-bond acceptors (Lipinski definition) is 7. The molecule has 31 heavy (non-hydrogen) atoms. The molecule has 0 bridgehead atoms. The summed E-state index contributed by atoms with van der Waals surface area (Å²) < 4.78 is 16.5. The minimum atomic E-state index is -0.902. The average molecular weight is 446 g/mol. The fourth-order valence-corrected chi connectivity index (χ4v) is 3.06. The number of fused-ring (bicyclic) bond motifs is 1. The van der Waals surface area contributed by atoms with Crippen LogP contribution in [-0.2, 0) is 9.53 Å². The van der Waals surface area contributed by atoms with Gasteiger partial charge in [-0.15, -0.1) is 4.68 Å². The topological polar surface area (TPSA) is 112 Å². The van der Waals surface area contributed by atoms with Crippen LogP contribution in [0.5, 0.6) is 11.5 Å². The van der Waals surface area contributed by atoms with Gasteiger partial charge < -0.3 is 19.2 Å². The lowest BCUT2D eigenvalue weighted by molar-refractivity contribution is -0.150. The predicted molar refractivity (Wildman–Crippen MR) is 117 cm³/mol. The highest BCUT2D eigenvalue weighted by Gasteiger charge is 2.20. The molecule has 1 unspecified atom stereocenters. The molecule has 0 amide bonds. The van der Waals surface area contributed by atoms with Crippen LogP contribution in [0.3, 0.4) is 0 Å². The van der Waals surface area contributed by atoms with Crippen LogP contribution in [0, 0.1) is 0 Å². The van der Waals surface area contributed by atoms with Gasteiger partial charge in [-0.25, -0.2) is 9.59 Å². The Morgan fingerprint density at radius 1 is 1.29 bits per heavy atom. The number of nitrogens with one attached hydrogen (secondary N) is 1. The number of methoxy groups -OCH3 is 1. The van der Waals surface area contributed by atoms with Crippen LogP contribution in [0.2, 0.25) is 5.02 Å². The van der Waals surface area contributed by atoms with Gasteiger partial charge in [0.2, 0.25) is 0 Å². The molecular weight excluding hydrogens is 426 g/mol. The monoisotopic (exact) mass is 445 g/mol. The van der Waals surface area contributed by atoms with Crippen molar-refractivity contribution in [1.29, 1.82) is 0 Å².